The van der Waals surface area contributed by atoms with Crippen molar-refractivity contribution < 1.29 is 19.0 Å². The van der Waals surface area contributed by atoms with Crippen molar-refractivity contribution in [1.29, 1.82) is 5.26 Å². The lowest BCUT2D eigenvalue weighted by molar-refractivity contribution is -0.120. The lowest BCUT2D eigenvalue weighted by Gasteiger charge is -2.29. The van der Waals surface area contributed by atoms with E-state index in [9.17, 15) is 10.1 Å². The number of ether oxygens (including phenoxy) is 3. The molecule has 1 aliphatic carbocycles. The van der Waals surface area contributed by atoms with Crippen molar-refractivity contribution >= 4 is 16.9 Å². The van der Waals surface area contributed by atoms with E-state index in [1.165, 1.54) is 6.92 Å². The predicted octanol–water partition coefficient (Wildman–Crippen LogP) is 3.07. The Morgan fingerprint density at radius 1 is 1.33 bits per heavy atom. The zero-order valence-corrected chi connectivity index (χ0v) is 18.1. The molecular weight excluding hydrogens is 384 g/mol. The van der Waals surface area contributed by atoms with Gasteiger partial charge in [-0.25, -0.2) is 0 Å². The minimum absolute atomic E-state index is 0.00683. The van der Waals surface area contributed by atoms with Gasteiger partial charge in [-0.05, 0) is 51.7 Å². The van der Waals surface area contributed by atoms with Crippen LogP contribution in [-0.2, 0) is 16.6 Å². The molecule has 1 amide bonds. The first-order valence-electron chi connectivity index (χ1n) is 10.5. The molecule has 1 saturated carbocycles. The number of aromatic nitrogens is 2. The van der Waals surface area contributed by atoms with Crippen LogP contribution in [0.2, 0.25) is 0 Å². The Morgan fingerprint density at radius 3 is 2.67 bits per heavy atom. The molecule has 0 unspecified atom stereocenters. The van der Waals surface area contributed by atoms with Gasteiger partial charge in [0.2, 0.25) is 5.91 Å². The zero-order chi connectivity index (χ0) is 21.7. The van der Waals surface area contributed by atoms with E-state index in [4.69, 9.17) is 14.2 Å². The molecule has 0 saturated heterocycles. The Labute approximate surface area is 177 Å². The molecule has 1 fully saturated rings. The van der Waals surface area contributed by atoms with Gasteiger partial charge in [-0.3, -0.25) is 9.36 Å². The number of benzene rings is 1. The van der Waals surface area contributed by atoms with Gasteiger partial charge in [0, 0.05) is 20.0 Å². The van der Waals surface area contributed by atoms with Crippen molar-refractivity contribution in [1.82, 2.24) is 14.9 Å². The van der Waals surface area contributed by atoms with Gasteiger partial charge in [-0.15, -0.1) is 0 Å². The second-order valence-corrected chi connectivity index (χ2v) is 7.76. The maximum absolute atomic E-state index is 11.1. The fourth-order valence-electron chi connectivity index (χ4n) is 3.89. The van der Waals surface area contributed by atoms with Crippen LogP contribution in [0.4, 0.5) is 0 Å². The Bertz CT molecular complexity index is 925. The molecule has 1 aromatic carbocycles. The molecule has 0 radical (unpaired) electrons. The Morgan fingerprint density at radius 2 is 2.03 bits per heavy atom. The molecule has 8 heteroatoms. The van der Waals surface area contributed by atoms with Crippen molar-refractivity contribution in [2.75, 3.05) is 13.2 Å². The third-order valence-electron chi connectivity index (χ3n) is 5.29. The van der Waals surface area contributed by atoms with E-state index in [1.54, 1.807) is 6.07 Å². The minimum atomic E-state index is -0.0430. The first kappa shape index (κ1) is 21.9. The number of carbonyl (C=O) groups is 1. The van der Waals surface area contributed by atoms with Crippen molar-refractivity contribution in [2.45, 2.75) is 64.7 Å². The number of hydrogen-bond donors (Lipinski definition) is 1. The lowest BCUT2D eigenvalue weighted by Crippen LogP contribution is -2.37. The summed E-state index contributed by atoms with van der Waals surface area (Å²) in [6.07, 6.45) is 3.79. The standard InChI is InChI=1S/C22H30N4O4/c1-5-28-20-11-10-19-21(18(20)12-23)26(4)22(25-19)30-17-8-6-16(7-9-17)29-13-14(2)24-15(3)27/h10-11,14,16-17H,5-9,13H2,1-4H3,(H,24,27)/t14-,16?,17?/m0/s1. The van der Waals surface area contributed by atoms with E-state index < -0.39 is 0 Å². The summed E-state index contributed by atoms with van der Waals surface area (Å²) in [5.41, 5.74) is 1.92. The highest BCUT2D eigenvalue weighted by molar-refractivity contribution is 5.85. The molecule has 30 heavy (non-hydrogen) atoms. The highest BCUT2D eigenvalue weighted by Gasteiger charge is 2.25. The van der Waals surface area contributed by atoms with E-state index in [1.807, 2.05) is 31.5 Å². The summed E-state index contributed by atoms with van der Waals surface area (Å²) in [5, 5.41) is 12.4. The van der Waals surface area contributed by atoms with E-state index in [0.29, 0.717) is 30.5 Å². The van der Waals surface area contributed by atoms with Gasteiger partial charge in [-0.1, -0.05) is 0 Å². The molecule has 1 aliphatic rings. The SMILES string of the molecule is CCOc1ccc2nc(OC3CCC(OC[C@H](C)NC(C)=O)CC3)n(C)c2c1C#N. The molecule has 162 valence electrons. The second kappa shape index (κ2) is 9.81. The van der Waals surface area contributed by atoms with Crippen LogP contribution in [0.1, 0.15) is 52.0 Å². The molecule has 1 heterocycles. The van der Waals surface area contributed by atoms with Crippen molar-refractivity contribution in [3.63, 3.8) is 0 Å². The quantitative estimate of drug-likeness (QED) is 0.713. The Kier molecular flexibility index (Phi) is 7.16. The number of carbonyl (C=O) groups excluding carboxylic acids is 1. The van der Waals surface area contributed by atoms with Crippen molar-refractivity contribution in [3.8, 4) is 17.8 Å². The number of fused-ring (bicyclic) bond motifs is 1. The van der Waals surface area contributed by atoms with Gasteiger partial charge < -0.3 is 19.5 Å². The van der Waals surface area contributed by atoms with Crippen LogP contribution in [0.25, 0.3) is 11.0 Å². The van der Waals surface area contributed by atoms with E-state index in [2.05, 4.69) is 16.4 Å². The summed E-state index contributed by atoms with van der Waals surface area (Å²) in [7, 11) is 1.86. The molecule has 1 N–H and O–H groups in total. The number of nitriles is 1. The molecule has 0 bridgehead atoms. The number of nitrogens with zero attached hydrogens (tertiary/aromatic N) is 3. The highest BCUT2D eigenvalue weighted by atomic mass is 16.5. The van der Waals surface area contributed by atoms with E-state index >= 15 is 0 Å². The maximum Gasteiger partial charge on any atom is 0.297 e. The van der Waals surface area contributed by atoms with Crippen LogP contribution in [0.15, 0.2) is 12.1 Å². The van der Waals surface area contributed by atoms with Gasteiger partial charge in [-0.2, -0.15) is 10.2 Å². The van der Waals surface area contributed by atoms with Crippen LogP contribution in [0.5, 0.6) is 11.8 Å². The summed E-state index contributed by atoms with van der Waals surface area (Å²) in [4.78, 5) is 15.7. The lowest BCUT2D eigenvalue weighted by atomic mass is 9.95. The second-order valence-electron chi connectivity index (χ2n) is 7.76. The summed E-state index contributed by atoms with van der Waals surface area (Å²) in [6.45, 7) is 6.35. The average molecular weight is 415 g/mol. The van der Waals surface area contributed by atoms with Crippen LogP contribution < -0.4 is 14.8 Å². The molecule has 0 aliphatic heterocycles. The molecule has 1 aromatic heterocycles. The summed E-state index contributed by atoms with van der Waals surface area (Å²) < 4.78 is 19.5. The van der Waals surface area contributed by atoms with E-state index in [-0.39, 0.29) is 24.2 Å². The molecule has 1 atom stereocenters. The largest absolute Gasteiger partial charge is 0.492 e. The average Bonchev–Trinajstić information content (AvgIpc) is 3.03. The third kappa shape index (κ3) is 5.03. The smallest absolute Gasteiger partial charge is 0.297 e. The van der Waals surface area contributed by atoms with E-state index in [0.717, 1.165) is 36.7 Å². The van der Waals surface area contributed by atoms with Gasteiger partial charge in [0.15, 0.2) is 0 Å². The fraction of sp³-hybridized carbons (Fsp3) is 0.591. The summed E-state index contributed by atoms with van der Waals surface area (Å²) >= 11 is 0. The van der Waals surface area contributed by atoms with Gasteiger partial charge in [0.1, 0.15) is 23.5 Å². The number of imidazole rings is 1. The van der Waals surface area contributed by atoms with Crippen molar-refractivity contribution in [3.05, 3.63) is 17.7 Å². The molecule has 0 spiro atoms. The third-order valence-corrected chi connectivity index (χ3v) is 5.29. The molecule has 3 rings (SSSR count). The first-order valence-corrected chi connectivity index (χ1v) is 10.5. The summed E-state index contributed by atoms with van der Waals surface area (Å²) in [5.74, 6) is 0.520. The van der Waals surface area contributed by atoms with Crippen molar-refractivity contribution in [2.24, 2.45) is 7.05 Å². The maximum atomic E-state index is 11.1. The van der Waals surface area contributed by atoms with Crippen LogP contribution in [0.3, 0.4) is 0 Å². The van der Waals surface area contributed by atoms with Crippen LogP contribution in [0, 0.1) is 11.3 Å². The zero-order valence-electron chi connectivity index (χ0n) is 18.1. The topological polar surface area (TPSA) is 98.4 Å². The van der Waals surface area contributed by atoms with Gasteiger partial charge in [0.05, 0.1) is 30.4 Å². The molecule has 2 aromatic rings. The van der Waals surface area contributed by atoms with Crippen LogP contribution >= 0.6 is 0 Å². The number of rotatable bonds is 8. The van der Waals surface area contributed by atoms with Crippen LogP contribution in [-0.4, -0.2) is 46.9 Å². The highest BCUT2D eigenvalue weighted by Crippen LogP contribution is 2.32. The minimum Gasteiger partial charge on any atom is -0.492 e. The molecule has 8 nitrogen and oxygen atoms in total. The fourth-order valence-corrected chi connectivity index (χ4v) is 3.89. The monoisotopic (exact) mass is 414 g/mol. The normalized spacial score (nSPS) is 19.8. The number of aryl methyl sites for hydroxylation is 1. The predicted molar refractivity (Wildman–Crippen MR) is 113 cm³/mol. The number of hydrogen-bond acceptors (Lipinski definition) is 6. The number of nitrogens with one attached hydrogen (secondary N) is 1. The number of amides is 1. The van der Waals surface area contributed by atoms with Gasteiger partial charge >= 0.3 is 0 Å². The molecular formula is C22H30N4O4. The Hall–Kier alpha value is -2.79. The van der Waals surface area contributed by atoms with Gasteiger partial charge in [0.25, 0.3) is 6.01 Å². The Balaban J connectivity index is 1.61. The summed E-state index contributed by atoms with van der Waals surface area (Å²) in [6, 6.07) is 6.40. The first-order chi connectivity index (χ1) is 14.4.